The Morgan fingerprint density at radius 3 is 2.74 bits per heavy atom. The van der Waals surface area contributed by atoms with Crippen LogP contribution in [0.1, 0.15) is 12.8 Å². The lowest BCUT2D eigenvalue weighted by Crippen LogP contribution is -2.42. The van der Waals surface area contributed by atoms with E-state index >= 15 is 0 Å². The Morgan fingerprint density at radius 1 is 1.04 bits per heavy atom. The predicted molar refractivity (Wildman–Crippen MR) is 89.8 cm³/mol. The number of para-hydroxylation sites is 1. The SMILES string of the molecule is Clc1nccnc1O[C@H]1C[C@H](Nc2ccc3ccccc3n2)C1. The van der Waals surface area contributed by atoms with Gasteiger partial charge in [-0.2, -0.15) is 0 Å². The third-order valence-corrected chi connectivity index (χ3v) is 4.21. The Hall–Kier alpha value is -2.40. The molecule has 23 heavy (non-hydrogen) atoms. The van der Waals surface area contributed by atoms with Gasteiger partial charge in [-0.1, -0.05) is 29.8 Å². The summed E-state index contributed by atoms with van der Waals surface area (Å²) in [6.07, 6.45) is 5.02. The van der Waals surface area contributed by atoms with E-state index in [2.05, 4.69) is 32.4 Å². The van der Waals surface area contributed by atoms with Crippen molar-refractivity contribution in [3.63, 3.8) is 0 Å². The van der Waals surface area contributed by atoms with Crippen molar-refractivity contribution in [1.82, 2.24) is 15.0 Å². The molecular formula is C17H15ClN4O. The fourth-order valence-electron chi connectivity index (χ4n) is 2.68. The molecule has 0 atom stereocenters. The number of anilines is 1. The van der Waals surface area contributed by atoms with Gasteiger partial charge in [0, 0.05) is 36.7 Å². The number of aromatic nitrogens is 3. The van der Waals surface area contributed by atoms with Crippen LogP contribution in [0.3, 0.4) is 0 Å². The van der Waals surface area contributed by atoms with Gasteiger partial charge in [0.15, 0.2) is 5.15 Å². The minimum Gasteiger partial charge on any atom is -0.472 e. The number of hydrogen-bond donors (Lipinski definition) is 1. The third kappa shape index (κ3) is 3.05. The molecule has 0 unspecified atom stereocenters. The maximum absolute atomic E-state index is 5.95. The number of nitrogens with zero attached hydrogens (tertiary/aromatic N) is 3. The Labute approximate surface area is 138 Å². The van der Waals surface area contributed by atoms with Crippen LogP contribution in [0.15, 0.2) is 48.8 Å². The fraction of sp³-hybridized carbons (Fsp3) is 0.235. The molecule has 0 amide bonds. The van der Waals surface area contributed by atoms with Crippen molar-refractivity contribution in [3.05, 3.63) is 53.9 Å². The zero-order valence-corrected chi connectivity index (χ0v) is 13.1. The van der Waals surface area contributed by atoms with Crippen LogP contribution in [-0.4, -0.2) is 27.1 Å². The second kappa shape index (κ2) is 6.01. The van der Waals surface area contributed by atoms with E-state index in [1.807, 2.05) is 24.3 Å². The van der Waals surface area contributed by atoms with Crippen LogP contribution < -0.4 is 10.1 Å². The molecule has 4 rings (SSSR count). The molecular weight excluding hydrogens is 312 g/mol. The monoisotopic (exact) mass is 326 g/mol. The molecule has 1 N–H and O–H groups in total. The molecule has 0 saturated heterocycles. The average Bonchev–Trinajstić information content (AvgIpc) is 2.54. The molecule has 0 radical (unpaired) electrons. The molecule has 116 valence electrons. The standard InChI is InChI=1S/C17H15ClN4O/c18-16-17(20-8-7-19-16)23-13-9-12(10-13)21-15-6-5-11-3-1-2-4-14(11)22-15/h1-8,12-13H,9-10H2,(H,21,22)/t12-,13-. The van der Waals surface area contributed by atoms with Gasteiger partial charge in [0.1, 0.15) is 11.9 Å². The smallest absolute Gasteiger partial charge is 0.252 e. The average molecular weight is 327 g/mol. The molecule has 2 aromatic heterocycles. The Kier molecular flexibility index (Phi) is 3.71. The molecule has 1 saturated carbocycles. The molecule has 5 nitrogen and oxygen atoms in total. The van der Waals surface area contributed by atoms with E-state index in [-0.39, 0.29) is 6.10 Å². The topological polar surface area (TPSA) is 59.9 Å². The summed E-state index contributed by atoms with van der Waals surface area (Å²) in [5, 5.41) is 4.89. The van der Waals surface area contributed by atoms with Crippen molar-refractivity contribution < 1.29 is 4.74 Å². The van der Waals surface area contributed by atoms with Gasteiger partial charge in [-0.3, -0.25) is 0 Å². The number of hydrogen-bond acceptors (Lipinski definition) is 5. The summed E-state index contributed by atoms with van der Waals surface area (Å²) in [4.78, 5) is 12.7. The summed E-state index contributed by atoms with van der Waals surface area (Å²) in [5.74, 6) is 1.30. The van der Waals surface area contributed by atoms with Crippen molar-refractivity contribution in [2.75, 3.05) is 5.32 Å². The third-order valence-electron chi connectivity index (χ3n) is 3.95. The lowest BCUT2D eigenvalue weighted by molar-refractivity contribution is 0.102. The maximum atomic E-state index is 5.95. The highest BCUT2D eigenvalue weighted by Crippen LogP contribution is 2.29. The van der Waals surface area contributed by atoms with Crippen LogP contribution in [0.2, 0.25) is 5.15 Å². The lowest BCUT2D eigenvalue weighted by Gasteiger charge is -2.35. The molecule has 6 heteroatoms. The van der Waals surface area contributed by atoms with Crippen LogP contribution in [-0.2, 0) is 0 Å². The normalized spacial score (nSPS) is 20.0. The fourth-order valence-corrected chi connectivity index (χ4v) is 2.83. The largest absolute Gasteiger partial charge is 0.472 e. The van der Waals surface area contributed by atoms with Gasteiger partial charge < -0.3 is 10.1 Å². The summed E-state index contributed by atoms with van der Waals surface area (Å²) < 4.78 is 5.75. The summed E-state index contributed by atoms with van der Waals surface area (Å²) in [6.45, 7) is 0. The minimum absolute atomic E-state index is 0.113. The van der Waals surface area contributed by atoms with E-state index in [1.54, 1.807) is 12.4 Å². The number of pyridine rings is 1. The Balaban J connectivity index is 1.36. The molecule has 0 bridgehead atoms. The number of rotatable bonds is 4. The summed E-state index contributed by atoms with van der Waals surface area (Å²) in [6, 6.07) is 12.5. The number of ether oxygens (including phenoxy) is 1. The number of fused-ring (bicyclic) bond motifs is 1. The summed E-state index contributed by atoms with van der Waals surface area (Å²) >= 11 is 5.95. The van der Waals surface area contributed by atoms with E-state index in [0.717, 1.165) is 29.6 Å². The zero-order chi connectivity index (χ0) is 15.6. The highest BCUT2D eigenvalue weighted by Gasteiger charge is 2.32. The van der Waals surface area contributed by atoms with Crippen LogP contribution in [0, 0.1) is 0 Å². The van der Waals surface area contributed by atoms with Crippen LogP contribution >= 0.6 is 11.6 Å². The van der Waals surface area contributed by atoms with E-state index in [0.29, 0.717) is 17.1 Å². The summed E-state index contributed by atoms with van der Waals surface area (Å²) in [5.41, 5.74) is 0.996. The van der Waals surface area contributed by atoms with Crippen molar-refractivity contribution >= 4 is 28.3 Å². The second-order valence-corrected chi connectivity index (χ2v) is 5.95. The molecule has 1 fully saturated rings. The Morgan fingerprint density at radius 2 is 1.87 bits per heavy atom. The van der Waals surface area contributed by atoms with Crippen LogP contribution in [0.4, 0.5) is 5.82 Å². The maximum Gasteiger partial charge on any atom is 0.252 e. The van der Waals surface area contributed by atoms with Crippen molar-refractivity contribution in [1.29, 1.82) is 0 Å². The summed E-state index contributed by atoms with van der Waals surface area (Å²) in [7, 11) is 0. The van der Waals surface area contributed by atoms with Crippen molar-refractivity contribution in [2.24, 2.45) is 0 Å². The quantitative estimate of drug-likeness (QED) is 0.792. The van der Waals surface area contributed by atoms with E-state index in [9.17, 15) is 0 Å². The predicted octanol–water partition coefficient (Wildman–Crippen LogP) is 3.70. The highest BCUT2D eigenvalue weighted by atomic mass is 35.5. The molecule has 1 aromatic carbocycles. The van der Waals surface area contributed by atoms with Gasteiger partial charge in [0.25, 0.3) is 5.88 Å². The van der Waals surface area contributed by atoms with Gasteiger partial charge in [-0.05, 0) is 18.2 Å². The molecule has 2 heterocycles. The van der Waals surface area contributed by atoms with E-state index < -0.39 is 0 Å². The first-order chi connectivity index (χ1) is 11.3. The van der Waals surface area contributed by atoms with Gasteiger partial charge in [-0.25, -0.2) is 15.0 Å². The number of benzene rings is 1. The van der Waals surface area contributed by atoms with Gasteiger partial charge in [-0.15, -0.1) is 0 Å². The Bertz CT molecular complexity index is 835. The first-order valence-corrected chi connectivity index (χ1v) is 7.91. The van der Waals surface area contributed by atoms with Gasteiger partial charge in [0.05, 0.1) is 5.52 Å². The zero-order valence-electron chi connectivity index (χ0n) is 12.3. The molecule has 1 aliphatic rings. The van der Waals surface area contributed by atoms with Crippen LogP contribution in [0.5, 0.6) is 5.88 Å². The second-order valence-electron chi connectivity index (χ2n) is 5.59. The minimum atomic E-state index is 0.113. The van der Waals surface area contributed by atoms with Gasteiger partial charge >= 0.3 is 0 Å². The highest BCUT2D eigenvalue weighted by molar-refractivity contribution is 6.30. The van der Waals surface area contributed by atoms with Gasteiger partial charge in [0.2, 0.25) is 0 Å². The lowest BCUT2D eigenvalue weighted by atomic mass is 9.89. The van der Waals surface area contributed by atoms with Crippen LogP contribution in [0.25, 0.3) is 10.9 Å². The first kappa shape index (κ1) is 14.2. The van der Waals surface area contributed by atoms with Crippen molar-refractivity contribution in [2.45, 2.75) is 25.0 Å². The van der Waals surface area contributed by atoms with E-state index in [1.165, 1.54) is 0 Å². The number of nitrogens with one attached hydrogen (secondary N) is 1. The van der Waals surface area contributed by atoms with Crippen molar-refractivity contribution in [3.8, 4) is 5.88 Å². The molecule has 3 aromatic rings. The van der Waals surface area contributed by atoms with E-state index in [4.69, 9.17) is 16.3 Å². The number of halogens is 1. The molecule has 1 aliphatic carbocycles. The molecule has 0 spiro atoms. The first-order valence-electron chi connectivity index (χ1n) is 7.53. The molecule has 0 aliphatic heterocycles.